The number of nitrogens with zero attached hydrogens (tertiary/aromatic N) is 5. The van der Waals surface area contributed by atoms with E-state index < -0.39 is 5.82 Å². The highest BCUT2D eigenvalue weighted by Crippen LogP contribution is 2.31. The van der Waals surface area contributed by atoms with Gasteiger partial charge in [0.25, 0.3) is 0 Å². The molecule has 4 aromatic rings. The van der Waals surface area contributed by atoms with Crippen LogP contribution >= 0.6 is 0 Å². The number of hydrogen-bond acceptors (Lipinski definition) is 7. The molecule has 4 rings (SSSR count). The minimum absolute atomic E-state index is 0.176. The molecular weight excluding hydrogens is 401 g/mol. The van der Waals surface area contributed by atoms with Crippen molar-refractivity contribution in [1.82, 2.24) is 29.7 Å². The summed E-state index contributed by atoms with van der Waals surface area (Å²) in [4.78, 5) is 25.4. The van der Waals surface area contributed by atoms with Crippen molar-refractivity contribution in [2.24, 2.45) is 12.5 Å². The summed E-state index contributed by atoms with van der Waals surface area (Å²) < 4.78 is 20.6. The fraction of sp³-hybridized carbons (Fsp3) is 0.381. The van der Waals surface area contributed by atoms with Crippen molar-refractivity contribution in [2.75, 3.05) is 12.4 Å². The third-order valence-corrected chi connectivity index (χ3v) is 5.28. The number of aromatic nitrogens is 6. The predicted molar refractivity (Wildman–Crippen MR) is 115 cm³/mol. The van der Waals surface area contributed by atoms with Gasteiger partial charge in [0.1, 0.15) is 23.0 Å². The zero-order valence-electron chi connectivity index (χ0n) is 18.0. The lowest BCUT2D eigenvalue weighted by molar-refractivity contribution is -0.141. The lowest BCUT2D eigenvalue weighted by Crippen LogP contribution is -2.36. The quantitative estimate of drug-likeness (QED) is 0.471. The monoisotopic (exact) mass is 425 g/mol. The average molecular weight is 425 g/mol. The van der Waals surface area contributed by atoms with Crippen molar-refractivity contribution in [3.63, 3.8) is 0 Å². The number of methoxy groups -OCH3 is 1. The van der Waals surface area contributed by atoms with Gasteiger partial charge in [-0.3, -0.25) is 9.89 Å². The second kappa shape index (κ2) is 7.60. The molecule has 0 unspecified atom stereocenters. The number of anilines is 1. The van der Waals surface area contributed by atoms with Gasteiger partial charge in [-0.25, -0.2) is 19.3 Å². The van der Waals surface area contributed by atoms with Gasteiger partial charge >= 0.3 is 5.97 Å². The predicted octanol–water partition coefficient (Wildman–Crippen LogP) is 3.44. The van der Waals surface area contributed by atoms with E-state index in [0.29, 0.717) is 34.0 Å². The summed E-state index contributed by atoms with van der Waals surface area (Å²) >= 11 is 0. The van der Waals surface area contributed by atoms with E-state index in [9.17, 15) is 9.18 Å². The fourth-order valence-electron chi connectivity index (χ4n) is 3.39. The first-order chi connectivity index (χ1) is 14.7. The van der Waals surface area contributed by atoms with Gasteiger partial charge in [0.2, 0.25) is 0 Å². The number of carbonyl (C=O) groups excluding carboxylic acids is 1. The van der Waals surface area contributed by atoms with E-state index in [1.807, 2.05) is 44.6 Å². The number of aryl methyl sites for hydroxylation is 1. The van der Waals surface area contributed by atoms with Gasteiger partial charge < -0.3 is 14.6 Å². The maximum absolute atomic E-state index is 13.8. The topological polar surface area (TPSA) is 111 Å². The summed E-state index contributed by atoms with van der Waals surface area (Å²) in [5.41, 5.74) is 1.27. The van der Waals surface area contributed by atoms with Crippen molar-refractivity contribution >= 4 is 33.9 Å². The van der Waals surface area contributed by atoms with Crippen LogP contribution in [0.2, 0.25) is 0 Å². The third kappa shape index (κ3) is 3.92. The van der Waals surface area contributed by atoms with E-state index >= 15 is 0 Å². The molecule has 0 saturated heterocycles. The molecule has 2 N–H and O–H groups in total. The van der Waals surface area contributed by atoms with Crippen molar-refractivity contribution in [1.29, 1.82) is 0 Å². The van der Waals surface area contributed by atoms with Crippen LogP contribution in [0.4, 0.5) is 10.2 Å². The Balaban J connectivity index is 1.85. The van der Waals surface area contributed by atoms with E-state index in [1.54, 1.807) is 0 Å². The highest BCUT2D eigenvalue weighted by atomic mass is 19.1. The van der Waals surface area contributed by atoms with Gasteiger partial charge in [0.05, 0.1) is 30.5 Å². The number of halogens is 1. The number of esters is 1. The van der Waals surface area contributed by atoms with Gasteiger partial charge in [-0.05, 0) is 17.5 Å². The molecule has 0 aromatic carbocycles. The van der Waals surface area contributed by atoms with Crippen LogP contribution in [0.1, 0.15) is 27.2 Å². The number of hydrogen-bond donors (Lipinski definition) is 2. The Bertz CT molecular complexity index is 1270. The first-order valence-electron chi connectivity index (χ1n) is 9.84. The molecule has 0 aliphatic carbocycles. The van der Waals surface area contributed by atoms with Crippen LogP contribution in [-0.4, -0.2) is 48.8 Å². The molecule has 1 atom stereocenters. The number of nitrogens with one attached hydrogen (secondary N) is 2. The molecule has 4 aromatic heterocycles. The third-order valence-electron chi connectivity index (χ3n) is 5.28. The van der Waals surface area contributed by atoms with Crippen LogP contribution < -0.4 is 5.32 Å². The number of fused-ring (bicyclic) bond motifs is 2. The van der Waals surface area contributed by atoms with Gasteiger partial charge in [0, 0.05) is 19.3 Å². The first-order valence-corrected chi connectivity index (χ1v) is 9.84. The summed E-state index contributed by atoms with van der Waals surface area (Å²) in [6.45, 7) is 6.11. The fourth-order valence-corrected chi connectivity index (χ4v) is 3.39. The summed E-state index contributed by atoms with van der Waals surface area (Å²) in [5, 5.41) is 11.7. The summed E-state index contributed by atoms with van der Waals surface area (Å²) in [7, 11) is 3.25. The molecule has 0 bridgehead atoms. The average Bonchev–Trinajstić information content (AvgIpc) is 3.30. The molecule has 0 amide bonds. The van der Waals surface area contributed by atoms with Crippen LogP contribution in [0.3, 0.4) is 0 Å². The molecule has 0 spiro atoms. The summed E-state index contributed by atoms with van der Waals surface area (Å²) in [6, 6.07) is 3.01. The Morgan fingerprint density at radius 2 is 2.10 bits per heavy atom. The van der Waals surface area contributed by atoms with Crippen LogP contribution in [0.5, 0.6) is 0 Å². The number of rotatable bonds is 5. The van der Waals surface area contributed by atoms with Gasteiger partial charge in [-0.15, -0.1) is 0 Å². The minimum atomic E-state index is -0.473. The lowest BCUT2D eigenvalue weighted by atomic mass is 9.84. The standard InChI is InChI=1S/C21H24FN7O2/c1-21(2,3)14(9-15(30)31-5)24-18-12-6-7-29(4)20(12)26-19(25-18)16-13-8-11(22)10-23-17(13)28-27-16/h6-8,10,14H,9H2,1-5H3,(H,23,27,28)(H,24,25,26)/t14-/m1/s1. The molecule has 4 heterocycles. The smallest absolute Gasteiger partial charge is 0.307 e. The Morgan fingerprint density at radius 3 is 2.81 bits per heavy atom. The normalized spacial score (nSPS) is 13.0. The molecule has 0 radical (unpaired) electrons. The number of H-pyrrole nitrogens is 1. The largest absolute Gasteiger partial charge is 0.469 e. The summed E-state index contributed by atoms with van der Waals surface area (Å²) in [6.07, 6.45) is 3.17. The molecule has 0 fully saturated rings. The Hall–Kier alpha value is -3.56. The van der Waals surface area contributed by atoms with Gasteiger partial charge in [-0.2, -0.15) is 5.10 Å². The van der Waals surface area contributed by atoms with Crippen LogP contribution in [0.15, 0.2) is 24.5 Å². The molecule has 162 valence electrons. The molecule has 0 aliphatic heterocycles. The zero-order valence-corrected chi connectivity index (χ0v) is 18.0. The SMILES string of the molecule is COC(=O)C[C@@H](Nc1nc(-c2[nH]nc3ncc(F)cc23)nc2c1ccn2C)C(C)(C)C. The molecule has 9 nitrogen and oxygen atoms in total. The van der Waals surface area contributed by atoms with E-state index in [4.69, 9.17) is 9.72 Å². The van der Waals surface area contributed by atoms with Crippen molar-refractivity contribution < 1.29 is 13.9 Å². The Morgan fingerprint density at radius 1 is 1.32 bits per heavy atom. The highest BCUT2D eigenvalue weighted by Gasteiger charge is 2.29. The van der Waals surface area contributed by atoms with Crippen molar-refractivity contribution in [2.45, 2.75) is 33.2 Å². The van der Waals surface area contributed by atoms with E-state index in [2.05, 4.69) is 25.5 Å². The van der Waals surface area contributed by atoms with E-state index in [-0.39, 0.29) is 23.8 Å². The van der Waals surface area contributed by atoms with E-state index in [1.165, 1.54) is 13.2 Å². The number of pyridine rings is 1. The highest BCUT2D eigenvalue weighted by molar-refractivity contribution is 5.93. The van der Waals surface area contributed by atoms with Crippen molar-refractivity contribution in [3.05, 3.63) is 30.3 Å². The van der Waals surface area contributed by atoms with Gasteiger partial charge in [-0.1, -0.05) is 20.8 Å². The Kier molecular flexibility index (Phi) is 5.08. The second-order valence-electron chi connectivity index (χ2n) is 8.53. The van der Waals surface area contributed by atoms with Crippen molar-refractivity contribution in [3.8, 4) is 11.5 Å². The van der Waals surface area contributed by atoms with Crippen LogP contribution in [-0.2, 0) is 16.6 Å². The maximum atomic E-state index is 13.8. The van der Waals surface area contributed by atoms with Crippen LogP contribution in [0.25, 0.3) is 33.6 Å². The lowest BCUT2D eigenvalue weighted by Gasteiger charge is -2.31. The molecule has 31 heavy (non-hydrogen) atoms. The first kappa shape index (κ1) is 20.7. The van der Waals surface area contributed by atoms with Crippen LogP contribution in [0, 0.1) is 11.2 Å². The van der Waals surface area contributed by atoms with Gasteiger partial charge in [0.15, 0.2) is 11.5 Å². The molecular formula is C21H24FN7O2. The zero-order chi connectivity index (χ0) is 22.3. The summed E-state index contributed by atoms with van der Waals surface area (Å²) in [5.74, 6) is 0.125. The Labute approximate surface area is 178 Å². The minimum Gasteiger partial charge on any atom is -0.469 e. The number of carbonyl (C=O) groups is 1. The second-order valence-corrected chi connectivity index (χ2v) is 8.53. The number of aromatic amines is 1. The molecule has 10 heteroatoms. The molecule has 0 saturated carbocycles. The van der Waals surface area contributed by atoms with E-state index in [0.717, 1.165) is 11.6 Å². The maximum Gasteiger partial charge on any atom is 0.307 e. The number of ether oxygens (including phenoxy) is 1. The molecule has 0 aliphatic rings.